The van der Waals surface area contributed by atoms with Gasteiger partial charge in [-0.2, -0.15) is 0 Å². The predicted molar refractivity (Wildman–Crippen MR) is 58.3 cm³/mol. The molecule has 14 heavy (non-hydrogen) atoms. The third-order valence-electron chi connectivity index (χ3n) is 3.86. The monoisotopic (exact) mass is 260 g/mol. The molecule has 0 radical (unpaired) electrons. The zero-order chi connectivity index (χ0) is 10.2. The Morgan fingerprint density at radius 1 is 1.43 bits per heavy atom. The van der Waals surface area contributed by atoms with Crippen molar-refractivity contribution in [1.29, 1.82) is 0 Å². The normalized spacial score (nSPS) is 40.1. The van der Waals surface area contributed by atoms with Crippen molar-refractivity contribution in [2.75, 3.05) is 11.9 Å². The van der Waals surface area contributed by atoms with E-state index in [-0.39, 0.29) is 11.4 Å². The number of hydrogen-bond donors (Lipinski definition) is 0. The highest BCUT2D eigenvalue weighted by Crippen LogP contribution is 2.66. The van der Waals surface area contributed by atoms with Gasteiger partial charge in [0.2, 0.25) is 0 Å². The van der Waals surface area contributed by atoms with E-state index < -0.39 is 0 Å². The molecule has 2 atom stereocenters. The first kappa shape index (κ1) is 10.5. The van der Waals surface area contributed by atoms with Crippen LogP contribution in [0.25, 0.3) is 0 Å². The Morgan fingerprint density at radius 2 is 2.00 bits per heavy atom. The van der Waals surface area contributed by atoms with Gasteiger partial charge in [-0.05, 0) is 31.6 Å². The Bertz CT molecular complexity index is 227. The lowest BCUT2D eigenvalue weighted by Gasteiger charge is -2.12. The van der Waals surface area contributed by atoms with E-state index in [0.717, 1.165) is 5.33 Å². The van der Waals surface area contributed by atoms with Crippen molar-refractivity contribution >= 4 is 21.9 Å². The fraction of sp³-hybridized carbons (Fsp3) is 0.909. The van der Waals surface area contributed by atoms with Gasteiger partial charge in [-0.3, -0.25) is 4.79 Å². The van der Waals surface area contributed by atoms with Crippen molar-refractivity contribution < 1.29 is 9.53 Å². The summed E-state index contributed by atoms with van der Waals surface area (Å²) < 4.78 is 5.18. The summed E-state index contributed by atoms with van der Waals surface area (Å²) in [4.78, 5) is 11.9. The molecule has 2 unspecified atom stereocenters. The van der Waals surface area contributed by atoms with Gasteiger partial charge in [0, 0.05) is 5.33 Å². The van der Waals surface area contributed by atoms with Gasteiger partial charge >= 0.3 is 5.97 Å². The molecular formula is C11H17BrO2. The molecule has 0 aromatic rings. The maximum Gasteiger partial charge on any atom is 0.313 e. The molecule has 2 nitrogen and oxygen atoms in total. The summed E-state index contributed by atoms with van der Waals surface area (Å²) >= 11 is 3.49. The largest absolute Gasteiger partial charge is 0.466 e. The number of esters is 1. The lowest BCUT2D eigenvalue weighted by Crippen LogP contribution is -2.24. The number of halogens is 1. The van der Waals surface area contributed by atoms with E-state index in [4.69, 9.17) is 4.74 Å². The second-order valence-electron chi connectivity index (χ2n) is 4.39. The topological polar surface area (TPSA) is 26.3 Å². The summed E-state index contributed by atoms with van der Waals surface area (Å²) in [6.45, 7) is 2.39. The molecule has 2 rings (SSSR count). The van der Waals surface area contributed by atoms with Gasteiger partial charge in [0.15, 0.2) is 0 Å². The van der Waals surface area contributed by atoms with E-state index >= 15 is 0 Å². The molecule has 0 aromatic carbocycles. The Morgan fingerprint density at radius 3 is 2.43 bits per heavy atom. The Labute approximate surface area is 93.5 Å². The first-order chi connectivity index (χ1) is 6.77. The van der Waals surface area contributed by atoms with Crippen LogP contribution < -0.4 is 0 Å². The molecule has 0 bridgehead atoms. The van der Waals surface area contributed by atoms with Gasteiger partial charge in [-0.15, -0.1) is 0 Å². The standard InChI is InChI=1S/C11H17BrO2/c1-2-14-10(13)11(7-12)8-5-3-4-6-9(8)11/h8-9H,2-7H2,1H3. The van der Waals surface area contributed by atoms with Gasteiger partial charge in [0.25, 0.3) is 0 Å². The average Bonchev–Trinajstić information content (AvgIpc) is 2.87. The minimum absolute atomic E-state index is 0.0359. The molecule has 0 aliphatic heterocycles. The maximum absolute atomic E-state index is 11.9. The number of ether oxygens (including phenoxy) is 1. The summed E-state index contributed by atoms with van der Waals surface area (Å²) in [5.74, 6) is 1.25. The smallest absolute Gasteiger partial charge is 0.313 e. The van der Waals surface area contributed by atoms with Crippen LogP contribution in [0, 0.1) is 17.3 Å². The second kappa shape index (κ2) is 3.84. The van der Waals surface area contributed by atoms with Crippen molar-refractivity contribution in [2.24, 2.45) is 17.3 Å². The van der Waals surface area contributed by atoms with Gasteiger partial charge in [0.05, 0.1) is 12.0 Å². The molecule has 2 saturated carbocycles. The third-order valence-corrected chi connectivity index (χ3v) is 4.78. The first-order valence-corrected chi connectivity index (χ1v) is 6.62. The zero-order valence-electron chi connectivity index (χ0n) is 8.59. The van der Waals surface area contributed by atoms with Crippen LogP contribution in [-0.2, 0) is 9.53 Å². The average molecular weight is 261 g/mol. The van der Waals surface area contributed by atoms with Crippen LogP contribution in [0.3, 0.4) is 0 Å². The fourth-order valence-electron chi connectivity index (χ4n) is 3.07. The van der Waals surface area contributed by atoms with Crippen LogP contribution in [0.5, 0.6) is 0 Å². The molecule has 0 spiro atoms. The van der Waals surface area contributed by atoms with Crippen molar-refractivity contribution in [3.8, 4) is 0 Å². The molecule has 2 aliphatic carbocycles. The lowest BCUT2D eigenvalue weighted by molar-refractivity contribution is -0.149. The van der Waals surface area contributed by atoms with Crippen LogP contribution in [0.15, 0.2) is 0 Å². The molecule has 0 heterocycles. The summed E-state index contributed by atoms with van der Waals surface area (Å²) in [6.07, 6.45) is 5.01. The predicted octanol–water partition coefficient (Wildman–Crippen LogP) is 2.75. The molecule has 80 valence electrons. The SMILES string of the molecule is CCOC(=O)C1(CBr)C2CCCCC21. The molecule has 3 heteroatoms. The summed E-state index contributed by atoms with van der Waals surface area (Å²) in [6, 6.07) is 0. The van der Waals surface area contributed by atoms with E-state index in [2.05, 4.69) is 15.9 Å². The number of hydrogen-bond acceptors (Lipinski definition) is 2. The summed E-state index contributed by atoms with van der Waals surface area (Å²) in [7, 11) is 0. The fourth-order valence-corrected chi connectivity index (χ4v) is 4.13. The maximum atomic E-state index is 11.9. The molecule has 0 N–H and O–H groups in total. The van der Waals surface area contributed by atoms with Crippen molar-refractivity contribution in [2.45, 2.75) is 32.6 Å². The van der Waals surface area contributed by atoms with Gasteiger partial charge in [0.1, 0.15) is 0 Å². The number of rotatable bonds is 3. The molecule has 2 fully saturated rings. The Kier molecular flexibility index (Phi) is 2.87. The highest BCUT2D eigenvalue weighted by atomic mass is 79.9. The number of fused-ring (bicyclic) bond motifs is 1. The minimum atomic E-state index is -0.146. The van der Waals surface area contributed by atoms with Gasteiger partial charge in [-0.1, -0.05) is 28.8 Å². The van der Waals surface area contributed by atoms with Crippen LogP contribution in [0.4, 0.5) is 0 Å². The molecule has 0 amide bonds. The van der Waals surface area contributed by atoms with E-state index in [9.17, 15) is 4.79 Å². The van der Waals surface area contributed by atoms with Crippen LogP contribution in [0.2, 0.25) is 0 Å². The molecule has 2 aliphatic rings. The van der Waals surface area contributed by atoms with E-state index in [1.165, 1.54) is 25.7 Å². The van der Waals surface area contributed by atoms with E-state index in [1.54, 1.807) is 0 Å². The molecule has 0 saturated heterocycles. The highest BCUT2D eigenvalue weighted by molar-refractivity contribution is 9.09. The van der Waals surface area contributed by atoms with E-state index in [0.29, 0.717) is 18.4 Å². The molecule has 0 aromatic heterocycles. The second-order valence-corrected chi connectivity index (χ2v) is 4.95. The highest BCUT2D eigenvalue weighted by Gasteiger charge is 2.69. The van der Waals surface area contributed by atoms with Crippen LogP contribution in [0.1, 0.15) is 32.6 Å². The van der Waals surface area contributed by atoms with Gasteiger partial charge in [-0.25, -0.2) is 0 Å². The van der Waals surface area contributed by atoms with Crippen molar-refractivity contribution in [3.05, 3.63) is 0 Å². The van der Waals surface area contributed by atoms with Gasteiger partial charge < -0.3 is 4.74 Å². The Balaban J connectivity index is 2.08. The Hall–Kier alpha value is -0.0500. The quantitative estimate of drug-likeness (QED) is 0.576. The molecular weight excluding hydrogens is 244 g/mol. The minimum Gasteiger partial charge on any atom is -0.466 e. The number of carbonyl (C=O) groups is 1. The number of alkyl halides is 1. The van der Waals surface area contributed by atoms with Crippen LogP contribution >= 0.6 is 15.9 Å². The third kappa shape index (κ3) is 1.32. The summed E-state index contributed by atoms with van der Waals surface area (Å²) in [5, 5.41) is 0.786. The van der Waals surface area contributed by atoms with Crippen LogP contribution in [-0.4, -0.2) is 17.9 Å². The van der Waals surface area contributed by atoms with Crippen molar-refractivity contribution in [3.63, 3.8) is 0 Å². The lowest BCUT2D eigenvalue weighted by atomic mass is 10.0. The van der Waals surface area contributed by atoms with Crippen molar-refractivity contribution in [1.82, 2.24) is 0 Å². The first-order valence-electron chi connectivity index (χ1n) is 5.50. The zero-order valence-corrected chi connectivity index (χ0v) is 10.2. The summed E-state index contributed by atoms with van der Waals surface area (Å²) in [5.41, 5.74) is -0.146. The number of carbonyl (C=O) groups excluding carboxylic acids is 1. The van der Waals surface area contributed by atoms with E-state index in [1.807, 2.05) is 6.92 Å².